The zero-order valence-electron chi connectivity index (χ0n) is 9.17. The molecule has 0 bridgehead atoms. The normalized spacial score (nSPS) is 10.8. The highest BCUT2D eigenvalue weighted by atomic mass is 35.5. The van der Waals surface area contributed by atoms with Gasteiger partial charge in [-0.25, -0.2) is 4.68 Å². The van der Waals surface area contributed by atoms with Crippen LogP contribution in [0.3, 0.4) is 0 Å². The lowest BCUT2D eigenvalue weighted by atomic mass is 10.2. The SMILES string of the molecule is Cc1ccc(-n2nc(C)c(CCl)c2Cl)cc1. The number of rotatable bonds is 2. The first-order chi connectivity index (χ1) is 7.63. The van der Waals surface area contributed by atoms with Gasteiger partial charge in [-0.15, -0.1) is 11.6 Å². The molecule has 0 aliphatic carbocycles. The Bertz CT molecular complexity index is 500. The molecule has 1 aromatic heterocycles. The molecule has 0 radical (unpaired) electrons. The molecule has 0 N–H and O–H groups in total. The van der Waals surface area contributed by atoms with E-state index in [0.717, 1.165) is 16.9 Å². The second-order valence-electron chi connectivity index (χ2n) is 3.74. The minimum absolute atomic E-state index is 0.385. The third-order valence-corrected chi connectivity index (χ3v) is 3.19. The Morgan fingerprint density at radius 3 is 2.31 bits per heavy atom. The van der Waals surface area contributed by atoms with Crippen LogP contribution in [-0.4, -0.2) is 9.78 Å². The Morgan fingerprint density at radius 1 is 1.19 bits per heavy atom. The van der Waals surface area contributed by atoms with Crippen LogP contribution in [0, 0.1) is 13.8 Å². The highest BCUT2D eigenvalue weighted by molar-refractivity contribution is 6.31. The Morgan fingerprint density at radius 2 is 1.81 bits per heavy atom. The maximum absolute atomic E-state index is 6.22. The van der Waals surface area contributed by atoms with Gasteiger partial charge in [0.05, 0.1) is 17.3 Å². The summed E-state index contributed by atoms with van der Waals surface area (Å²) in [6.07, 6.45) is 0. The average Bonchev–Trinajstić information content (AvgIpc) is 2.55. The predicted octanol–water partition coefficient (Wildman–Crippen LogP) is 3.88. The van der Waals surface area contributed by atoms with E-state index in [1.165, 1.54) is 5.56 Å². The van der Waals surface area contributed by atoms with Crippen molar-refractivity contribution < 1.29 is 0 Å². The lowest BCUT2D eigenvalue weighted by molar-refractivity contribution is 0.863. The van der Waals surface area contributed by atoms with Crippen molar-refractivity contribution >= 4 is 23.2 Å². The molecule has 84 valence electrons. The summed E-state index contributed by atoms with van der Waals surface area (Å²) in [6.45, 7) is 3.96. The molecule has 16 heavy (non-hydrogen) atoms. The summed E-state index contributed by atoms with van der Waals surface area (Å²) < 4.78 is 1.72. The van der Waals surface area contributed by atoms with Gasteiger partial charge in [0.25, 0.3) is 0 Å². The first-order valence-electron chi connectivity index (χ1n) is 5.00. The molecule has 0 saturated carbocycles. The van der Waals surface area contributed by atoms with Crippen LogP contribution in [0.15, 0.2) is 24.3 Å². The molecule has 2 nitrogen and oxygen atoms in total. The number of aryl methyl sites for hydroxylation is 2. The van der Waals surface area contributed by atoms with Crippen LogP contribution < -0.4 is 0 Å². The quantitative estimate of drug-likeness (QED) is 0.744. The van der Waals surface area contributed by atoms with E-state index in [-0.39, 0.29) is 0 Å². The lowest BCUT2D eigenvalue weighted by Crippen LogP contribution is -1.96. The molecule has 0 amide bonds. The molecule has 1 heterocycles. The molecule has 0 spiro atoms. The Labute approximate surface area is 105 Å². The second-order valence-corrected chi connectivity index (χ2v) is 4.36. The van der Waals surface area contributed by atoms with E-state index in [1.54, 1.807) is 4.68 Å². The highest BCUT2D eigenvalue weighted by Gasteiger charge is 2.13. The van der Waals surface area contributed by atoms with E-state index in [0.29, 0.717) is 11.0 Å². The average molecular weight is 255 g/mol. The van der Waals surface area contributed by atoms with Gasteiger partial charge in [-0.2, -0.15) is 5.10 Å². The largest absolute Gasteiger partial charge is 0.222 e. The van der Waals surface area contributed by atoms with Crippen LogP contribution in [0.1, 0.15) is 16.8 Å². The van der Waals surface area contributed by atoms with Gasteiger partial charge in [-0.05, 0) is 26.0 Å². The van der Waals surface area contributed by atoms with Gasteiger partial charge in [0.2, 0.25) is 0 Å². The van der Waals surface area contributed by atoms with Gasteiger partial charge in [0.1, 0.15) is 5.15 Å². The second kappa shape index (κ2) is 4.48. The third-order valence-electron chi connectivity index (χ3n) is 2.53. The van der Waals surface area contributed by atoms with Crippen molar-refractivity contribution in [2.24, 2.45) is 0 Å². The zero-order chi connectivity index (χ0) is 11.7. The predicted molar refractivity (Wildman–Crippen MR) is 67.6 cm³/mol. The van der Waals surface area contributed by atoms with Crippen LogP contribution in [0.25, 0.3) is 5.69 Å². The molecule has 2 aromatic rings. The van der Waals surface area contributed by atoms with Crippen LogP contribution >= 0.6 is 23.2 Å². The van der Waals surface area contributed by atoms with Crippen LogP contribution in [0.5, 0.6) is 0 Å². The lowest BCUT2D eigenvalue weighted by Gasteiger charge is -2.03. The van der Waals surface area contributed by atoms with Crippen molar-refractivity contribution in [3.05, 3.63) is 46.2 Å². The maximum Gasteiger partial charge on any atom is 0.137 e. The molecule has 0 atom stereocenters. The van der Waals surface area contributed by atoms with Crippen molar-refractivity contribution in [1.82, 2.24) is 9.78 Å². The molecule has 0 unspecified atom stereocenters. The smallest absolute Gasteiger partial charge is 0.137 e. The van der Waals surface area contributed by atoms with E-state index in [4.69, 9.17) is 23.2 Å². The van der Waals surface area contributed by atoms with Gasteiger partial charge >= 0.3 is 0 Å². The minimum Gasteiger partial charge on any atom is -0.222 e. The van der Waals surface area contributed by atoms with Gasteiger partial charge in [-0.1, -0.05) is 29.3 Å². The van der Waals surface area contributed by atoms with Gasteiger partial charge in [0, 0.05) is 5.56 Å². The van der Waals surface area contributed by atoms with E-state index in [2.05, 4.69) is 5.10 Å². The maximum atomic E-state index is 6.22. The van der Waals surface area contributed by atoms with Crippen LogP contribution in [0.4, 0.5) is 0 Å². The first-order valence-corrected chi connectivity index (χ1v) is 5.91. The molecular formula is C12H12Cl2N2. The number of hydrogen-bond donors (Lipinski definition) is 0. The molecule has 0 saturated heterocycles. The Balaban J connectivity index is 2.52. The fraction of sp³-hybridized carbons (Fsp3) is 0.250. The number of benzene rings is 1. The number of halogens is 2. The highest BCUT2D eigenvalue weighted by Crippen LogP contribution is 2.24. The summed E-state index contributed by atoms with van der Waals surface area (Å²) in [7, 11) is 0. The van der Waals surface area contributed by atoms with Gasteiger partial charge in [0.15, 0.2) is 0 Å². The van der Waals surface area contributed by atoms with Gasteiger partial charge in [-0.3, -0.25) is 0 Å². The fourth-order valence-electron chi connectivity index (χ4n) is 1.54. The first kappa shape index (κ1) is 11.5. The third kappa shape index (κ3) is 1.95. The molecule has 0 fully saturated rings. The van der Waals surface area contributed by atoms with Crippen molar-refractivity contribution in [2.75, 3.05) is 0 Å². The molecular weight excluding hydrogens is 243 g/mol. The Kier molecular flexibility index (Phi) is 3.22. The summed E-state index contributed by atoms with van der Waals surface area (Å²) in [5.41, 5.74) is 3.93. The van der Waals surface area contributed by atoms with Crippen molar-refractivity contribution in [1.29, 1.82) is 0 Å². The molecule has 1 aromatic carbocycles. The summed E-state index contributed by atoms with van der Waals surface area (Å²) in [4.78, 5) is 0. The minimum atomic E-state index is 0.385. The summed E-state index contributed by atoms with van der Waals surface area (Å²) in [5.74, 6) is 0.385. The summed E-state index contributed by atoms with van der Waals surface area (Å²) >= 11 is 12.0. The monoisotopic (exact) mass is 254 g/mol. The molecule has 4 heteroatoms. The Hall–Kier alpha value is -0.990. The number of nitrogens with zero attached hydrogens (tertiary/aromatic N) is 2. The van der Waals surface area contributed by atoms with Gasteiger partial charge < -0.3 is 0 Å². The van der Waals surface area contributed by atoms with Crippen molar-refractivity contribution in [2.45, 2.75) is 19.7 Å². The van der Waals surface area contributed by atoms with E-state index in [9.17, 15) is 0 Å². The number of hydrogen-bond acceptors (Lipinski definition) is 1. The van der Waals surface area contributed by atoms with Crippen LogP contribution in [-0.2, 0) is 5.88 Å². The molecule has 0 aliphatic rings. The summed E-state index contributed by atoms with van der Waals surface area (Å²) in [6, 6.07) is 8.05. The number of alkyl halides is 1. The van der Waals surface area contributed by atoms with E-state index < -0.39 is 0 Å². The van der Waals surface area contributed by atoms with Crippen LogP contribution in [0.2, 0.25) is 5.15 Å². The summed E-state index contributed by atoms with van der Waals surface area (Å²) in [5, 5.41) is 4.98. The fourth-order valence-corrected chi connectivity index (χ4v) is 2.27. The van der Waals surface area contributed by atoms with E-state index in [1.807, 2.05) is 38.1 Å². The molecule has 2 rings (SSSR count). The van der Waals surface area contributed by atoms with Crippen molar-refractivity contribution in [3.63, 3.8) is 0 Å². The topological polar surface area (TPSA) is 17.8 Å². The standard InChI is InChI=1S/C12H12Cl2N2/c1-8-3-5-10(6-4-8)16-12(14)11(7-13)9(2)15-16/h3-6H,7H2,1-2H3. The van der Waals surface area contributed by atoms with Crippen molar-refractivity contribution in [3.8, 4) is 5.69 Å². The number of aromatic nitrogens is 2. The molecule has 0 aliphatic heterocycles. The van der Waals surface area contributed by atoms with E-state index >= 15 is 0 Å². The zero-order valence-corrected chi connectivity index (χ0v) is 10.7.